The number of aliphatic hydroxyl groups is 1. The minimum Gasteiger partial charge on any atom is -0.444 e. The summed E-state index contributed by atoms with van der Waals surface area (Å²) in [5.74, 6) is 0.503. The second-order valence-corrected chi connectivity index (χ2v) is 7.29. The van der Waals surface area contributed by atoms with E-state index in [4.69, 9.17) is 10.5 Å². The highest BCUT2D eigenvalue weighted by molar-refractivity contribution is 14.0. The molecule has 134 valence electrons. The minimum absolute atomic E-state index is 0. The third-order valence-electron chi connectivity index (χ3n) is 4.12. The smallest absolute Gasteiger partial charge is 0.410 e. The van der Waals surface area contributed by atoms with Crippen LogP contribution in [0.25, 0.3) is 0 Å². The van der Waals surface area contributed by atoms with Gasteiger partial charge in [0, 0.05) is 31.6 Å². The zero-order valence-electron chi connectivity index (χ0n) is 14.2. The van der Waals surface area contributed by atoms with Crippen molar-refractivity contribution in [3.63, 3.8) is 0 Å². The summed E-state index contributed by atoms with van der Waals surface area (Å²) in [6.45, 7) is 8.81. The molecule has 0 atom stereocenters. The average Bonchev–Trinajstić information content (AvgIpc) is 3.24. The molecule has 0 bridgehead atoms. The van der Waals surface area contributed by atoms with Gasteiger partial charge in [0.1, 0.15) is 5.60 Å². The molecule has 7 nitrogen and oxygen atoms in total. The highest BCUT2D eigenvalue weighted by Gasteiger charge is 2.42. The number of aliphatic hydroxyl groups excluding tert-OH is 1. The predicted octanol–water partition coefficient (Wildman–Crippen LogP) is 1.24. The Labute approximate surface area is 155 Å². The molecule has 2 aliphatic rings. The highest BCUT2D eigenvalue weighted by atomic mass is 127. The number of nitrogens with zero attached hydrogens (tertiary/aromatic N) is 3. The van der Waals surface area contributed by atoms with Crippen molar-refractivity contribution in [2.24, 2.45) is 16.1 Å². The van der Waals surface area contributed by atoms with Crippen molar-refractivity contribution in [3.05, 3.63) is 0 Å². The van der Waals surface area contributed by atoms with Crippen LogP contribution in [0.1, 0.15) is 33.6 Å². The van der Waals surface area contributed by atoms with E-state index in [0.717, 1.165) is 12.8 Å². The largest absolute Gasteiger partial charge is 0.444 e. The van der Waals surface area contributed by atoms with Crippen LogP contribution in [0.4, 0.5) is 4.79 Å². The van der Waals surface area contributed by atoms with Crippen LogP contribution in [0.2, 0.25) is 0 Å². The SMILES string of the molecule is CC(C)(C)OC(=O)N1CCN(C(N)=NCC2(CO)CC2)CC1.I. The van der Waals surface area contributed by atoms with Gasteiger partial charge in [0.2, 0.25) is 0 Å². The molecule has 1 saturated carbocycles. The van der Waals surface area contributed by atoms with E-state index in [9.17, 15) is 9.90 Å². The van der Waals surface area contributed by atoms with Gasteiger partial charge in [-0.1, -0.05) is 0 Å². The summed E-state index contributed by atoms with van der Waals surface area (Å²) in [7, 11) is 0. The molecule has 0 aromatic carbocycles. The molecular weight excluding hydrogens is 411 g/mol. The van der Waals surface area contributed by atoms with Crippen molar-refractivity contribution in [2.45, 2.75) is 39.2 Å². The Morgan fingerprint density at radius 2 is 1.74 bits per heavy atom. The number of nitrogens with two attached hydrogens (primary N) is 1. The molecule has 1 amide bonds. The van der Waals surface area contributed by atoms with Crippen LogP contribution >= 0.6 is 24.0 Å². The van der Waals surface area contributed by atoms with Gasteiger partial charge in [-0.15, -0.1) is 24.0 Å². The van der Waals surface area contributed by atoms with Crippen LogP contribution < -0.4 is 5.73 Å². The number of carbonyl (C=O) groups excluding carboxylic acids is 1. The molecular formula is C15H29IN4O3. The number of ether oxygens (including phenoxy) is 1. The molecule has 0 aromatic heterocycles. The average molecular weight is 440 g/mol. The third-order valence-corrected chi connectivity index (χ3v) is 4.12. The van der Waals surface area contributed by atoms with Crippen molar-refractivity contribution in [2.75, 3.05) is 39.3 Å². The van der Waals surface area contributed by atoms with Crippen molar-refractivity contribution in [3.8, 4) is 0 Å². The van der Waals surface area contributed by atoms with E-state index < -0.39 is 5.60 Å². The molecule has 1 heterocycles. The zero-order chi connectivity index (χ0) is 16.4. The van der Waals surface area contributed by atoms with Gasteiger partial charge in [0.25, 0.3) is 0 Å². The van der Waals surface area contributed by atoms with E-state index in [-0.39, 0.29) is 42.1 Å². The van der Waals surface area contributed by atoms with Crippen LogP contribution in [0.3, 0.4) is 0 Å². The molecule has 1 saturated heterocycles. The first-order valence-corrected chi connectivity index (χ1v) is 7.88. The molecule has 1 aliphatic carbocycles. The number of carbonyl (C=O) groups is 1. The fraction of sp³-hybridized carbons (Fsp3) is 0.867. The molecule has 2 fully saturated rings. The van der Waals surface area contributed by atoms with Gasteiger partial charge >= 0.3 is 6.09 Å². The van der Waals surface area contributed by atoms with Gasteiger partial charge < -0.3 is 25.4 Å². The summed E-state index contributed by atoms with van der Waals surface area (Å²) >= 11 is 0. The number of hydrogen-bond donors (Lipinski definition) is 2. The van der Waals surface area contributed by atoms with Crippen LogP contribution in [0.15, 0.2) is 4.99 Å². The lowest BCUT2D eigenvalue weighted by molar-refractivity contribution is 0.0186. The molecule has 3 N–H and O–H groups in total. The van der Waals surface area contributed by atoms with E-state index in [1.165, 1.54) is 0 Å². The summed E-state index contributed by atoms with van der Waals surface area (Å²) in [5, 5.41) is 9.29. The molecule has 0 unspecified atom stereocenters. The van der Waals surface area contributed by atoms with E-state index in [0.29, 0.717) is 38.7 Å². The molecule has 0 aromatic rings. The van der Waals surface area contributed by atoms with Gasteiger partial charge in [-0.2, -0.15) is 0 Å². The van der Waals surface area contributed by atoms with E-state index in [1.54, 1.807) is 4.90 Å². The first-order valence-electron chi connectivity index (χ1n) is 7.88. The molecule has 1 aliphatic heterocycles. The Morgan fingerprint density at radius 3 is 2.17 bits per heavy atom. The normalized spacial score (nSPS) is 20.8. The highest BCUT2D eigenvalue weighted by Crippen LogP contribution is 2.45. The van der Waals surface area contributed by atoms with Crippen molar-refractivity contribution >= 4 is 36.0 Å². The van der Waals surface area contributed by atoms with Crippen molar-refractivity contribution < 1.29 is 14.6 Å². The Kier molecular flexibility index (Phi) is 6.94. The number of piperazine rings is 1. The first kappa shape index (κ1) is 20.3. The van der Waals surface area contributed by atoms with Gasteiger partial charge in [0.15, 0.2) is 5.96 Å². The summed E-state index contributed by atoms with van der Waals surface area (Å²) in [6, 6.07) is 0. The number of guanidine groups is 1. The summed E-state index contributed by atoms with van der Waals surface area (Å²) in [6.07, 6.45) is 1.76. The lowest BCUT2D eigenvalue weighted by atomic mass is 10.1. The van der Waals surface area contributed by atoms with Crippen LogP contribution in [-0.4, -0.2) is 71.9 Å². The maximum Gasteiger partial charge on any atom is 0.410 e. The standard InChI is InChI=1S/C15H28N4O3.HI/c1-14(2,3)22-13(21)19-8-6-18(7-9-19)12(16)17-10-15(11-20)4-5-15;/h20H,4-11H2,1-3H3,(H2,16,17);1H. The fourth-order valence-electron chi connectivity index (χ4n) is 2.34. The minimum atomic E-state index is -0.475. The van der Waals surface area contributed by atoms with E-state index in [2.05, 4.69) is 4.99 Å². The van der Waals surface area contributed by atoms with Crippen LogP contribution in [0, 0.1) is 5.41 Å². The molecule has 0 radical (unpaired) electrons. The first-order chi connectivity index (χ1) is 10.2. The Bertz CT molecular complexity index is 438. The Morgan fingerprint density at radius 1 is 1.22 bits per heavy atom. The number of aliphatic imine (C=N–C) groups is 1. The molecule has 2 rings (SSSR count). The number of halogens is 1. The molecule has 0 spiro atoms. The van der Waals surface area contributed by atoms with E-state index in [1.807, 2.05) is 25.7 Å². The Hall–Kier alpha value is -0.770. The van der Waals surface area contributed by atoms with Crippen molar-refractivity contribution in [1.82, 2.24) is 9.80 Å². The lowest BCUT2D eigenvalue weighted by Crippen LogP contribution is -2.53. The summed E-state index contributed by atoms with van der Waals surface area (Å²) < 4.78 is 5.37. The topological polar surface area (TPSA) is 91.4 Å². The number of hydrogen-bond acceptors (Lipinski definition) is 4. The lowest BCUT2D eigenvalue weighted by Gasteiger charge is -2.36. The molecule has 23 heavy (non-hydrogen) atoms. The second kappa shape index (κ2) is 7.87. The third kappa shape index (κ3) is 5.98. The van der Waals surface area contributed by atoms with Crippen LogP contribution in [-0.2, 0) is 4.74 Å². The number of rotatable bonds is 3. The number of amides is 1. The monoisotopic (exact) mass is 440 g/mol. The zero-order valence-corrected chi connectivity index (χ0v) is 16.6. The van der Waals surface area contributed by atoms with E-state index >= 15 is 0 Å². The van der Waals surface area contributed by atoms with Gasteiger partial charge in [-0.05, 0) is 33.6 Å². The van der Waals surface area contributed by atoms with Gasteiger partial charge in [0.05, 0.1) is 13.2 Å². The molecule has 8 heteroatoms. The maximum absolute atomic E-state index is 12.0. The predicted molar refractivity (Wildman–Crippen MR) is 100 cm³/mol. The summed E-state index contributed by atoms with van der Waals surface area (Å²) in [5.41, 5.74) is 5.52. The second-order valence-electron chi connectivity index (χ2n) is 7.29. The van der Waals surface area contributed by atoms with Gasteiger partial charge in [-0.25, -0.2) is 4.79 Å². The maximum atomic E-state index is 12.0. The Balaban J connectivity index is 0.00000264. The van der Waals surface area contributed by atoms with Crippen molar-refractivity contribution in [1.29, 1.82) is 0 Å². The summed E-state index contributed by atoms with van der Waals surface area (Å²) in [4.78, 5) is 20.1. The fourth-order valence-corrected chi connectivity index (χ4v) is 2.34. The quantitative estimate of drug-likeness (QED) is 0.392. The van der Waals surface area contributed by atoms with Gasteiger partial charge in [-0.3, -0.25) is 4.99 Å². The van der Waals surface area contributed by atoms with Crippen LogP contribution in [0.5, 0.6) is 0 Å².